The average Bonchev–Trinajstić information content (AvgIpc) is 0.869. The van der Waals surface area contributed by atoms with E-state index >= 15 is 0 Å². The van der Waals surface area contributed by atoms with E-state index in [1.165, 1.54) is 84.6 Å². The molecule has 0 fully saturated rings. The standard InChI is InChI=1S/2C18H30NO2.C17H28NO2.C15H24NO2.C12H18NO2.4CH3NO2.CH5N/c2*1-4-7-14-19(6-3,13-5-2)15-16-21-18(20)17-11-9-8-10-12-17;1-4-12-18(6-3,13-5-2)14-15-20-17(19)16-10-8-7-9-11-16;1-4-16(5-2,6-3)12-13-18-15(17)14-10-8-7-9-11-14;1-13(2,3)9-10-15-12(14)11-7-5-4-6-8-11;4*1-2(3)4;1-2/h2*8-12H,4-7,13-16H2,1-3H3;7-11H,4-6,12-15H2,1-3H3;7-11H,4-6,12-13H2,1-3H3;4-8H,9-10H2,1-3H3;4*1H3;2H2,1H3/q5*+1;;;;;. The van der Waals surface area contributed by atoms with Gasteiger partial charge in [0.25, 0.3) is 0 Å². The van der Waals surface area contributed by atoms with E-state index in [0.29, 0.717) is 60.9 Å². The minimum Gasteiger partial charge on any atom is -0.456 e. The van der Waals surface area contributed by atoms with Crippen LogP contribution in [-0.2, 0) is 23.7 Å². The molecule has 0 radical (unpaired) electrons. The highest BCUT2D eigenvalue weighted by molar-refractivity contribution is 5.91. The van der Waals surface area contributed by atoms with Gasteiger partial charge in [0, 0.05) is 19.7 Å². The Bertz CT molecular complexity index is 3050. The van der Waals surface area contributed by atoms with E-state index in [2.05, 4.69) is 110 Å². The van der Waals surface area contributed by atoms with Crippen molar-refractivity contribution in [2.75, 3.05) is 201 Å². The zero-order valence-electron chi connectivity index (χ0n) is 72.6. The number of nitrogens with zero attached hydrogens (tertiary/aromatic N) is 9. The van der Waals surface area contributed by atoms with Crippen LogP contribution in [0.15, 0.2) is 152 Å². The van der Waals surface area contributed by atoms with Crippen molar-refractivity contribution in [3.8, 4) is 0 Å². The highest BCUT2D eigenvalue weighted by Crippen LogP contribution is 2.16. The van der Waals surface area contributed by atoms with Gasteiger partial charge in [0.2, 0.25) is 0 Å². The number of carbonyl (C=O) groups excluding carboxylic acids is 5. The summed E-state index contributed by atoms with van der Waals surface area (Å²) >= 11 is 0. The van der Waals surface area contributed by atoms with Crippen LogP contribution in [0.1, 0.15) is 186 Å². The van der Waals surface area contributed by atoms with Gasteiger partial charge in [-0.3, -0.25) is 40.5 Å². The molecule has 640 valence electrons. The molecule has 0 saturated heterocycles. The van der Waals surface area contributed by atoms with E-state index < -0.39 is 19.7 Å². The highest BCUT2D eigenvalue weighted by atomic mass is 16.6. The van der Waals surface area contributed by atoms with Crippen LogP contribution >= 0.6 is 0 Å². The van der Waals surface area contributed by atoms with E-state index in [9.17, 15) is 24.0 Å². The summed E-state index contributed by atoms with van der Waals surface area (Å²) in [5.41, 5.74) is 7.64. The van der Waals surface area contributed by atoms with Crippen LogP contribution < -0.4 is 5.73 Å². The van der Waals surface area contributed by atoms with Gasteiger partial charge < -0.3 is 51.8 Å². The first-order chi connectivity index (χ1) is 53.6. The number of benzene rings is 5. The number of quaternary nitrogens is 5. The molecule has 28 nitrogen and oxygen atoms in total. The molecular weight excluding hydrogens is 1450 g/mol. The molecule has 0 aromatic heterocycles. The minimum absolute atomic E-state index is 0.211. The maximum absolute atomic E-state index is 12.0. The Labute approximate surface area is 677 Å². The first-order valence-electron chi connectivity index (χ1n) is 39.8. The Morgan fingerprint density at radius 2 is 0.434 bits per heavy atom. The summed E-state index contributed by atoms with van der Waals surface area (Å²) in [5, 5.41) is 35.2. The van der Waals surface area contributed by atoms with Crippen molar-refractivity contribution in [2.45, 2.75) is 134 Å². The number of nitro groups is 4. The smallest absolute Gasteiger partial charge is 0.338 e. The fourth-order valence-electron chi connectivity index (χ4n) is 11.5. The fraction of sp³-hybridized carbons (Fsp3) is 0.588. The fourth-order valence-corrected chi connectivity index (χ4v) is 11.5. The first-order valence-corrected chi connectivity index (χ1v) is 39.8. The zero-order valence-corrected chi connectivity index (χ0v) is 72.6. The van der Waals surface area contributed by atoms with Gasteiger partial charge in [-0.15, -0.1) is 0 Å². The van der Waals surface area contributed by atoms with Crippen LogP contribution in [0.3, 0.4) is 0 Å². The Morgan fingerprint density at radius 1 is 0.274 bits per heavy atom. The van der Waals surface area contributed by atoms with Crippen molar-refractivity contribution in [2.24, 2.45) is 5.73 Å². The molecule has 0 aliphatic carbocycles. The van der Waals surface area contributed by atoms with Gasteiger partial charge in [0.05, 0.1) is 127 Å². The minimum atomic E-state index is -0.500. The summed E-state index contributed by atoms with van der Waals surface area (Å²) in [6, 6.07) is 45.9. The van der Waals surface area contributed by atoms with Gasteiger partial charge >= 0.3 is 29.8 Å². The summed E-state index contributed by atoms with van der Waals surface area (Å²) in [6.45, 7) is 47.1. The van der Waals surface area contributed by atoms with E-state index in [-0.39, 0.29) is 29.8 Å². The topological polar surface area (TPSA) is 330 Å². The summed E-state index contributed by atoms with van der Waals surface area (Å²) in [5.74, 6) is -1.11. The lowest BCUT2D eigenvalue weighted by Gasteiger charge is -2.37. The third-order valence-corrected chi connectivity index (χ3v) is 18.0. The molecule has 2 atom stereocenters. The molecule has 113 heavy (non-hydrogen) atoms. The molecule has 0 heterocycles. The van der Waals surface area contributed by atoms with Gasteiger partial charge in [0.15, 0.2) is 28.2 Å². The van der Waals surface area contributed by atoms with E-state index in [1.54, 1.807) is 60.7 Å². The lowest BCUT2D eigenvalue weighted by molar-refractivity contribution is -0.926. The van der Waals surface area contributed by atoms with Gasteiger partial charge in [-0.2, -0.15) is 0 Å². The normalized spacial score (nSPS) is 11.3. The highest BCUT2D eigenvalue weighted by Gasteiger charge is 2.27. The van der Waals surface area contributed by atoms with Gasteiger partial charge in [0.1, 0.15) is 65.8 Å². The number of hydrogen-bond donors (Lipinski definition) is 1. The van der Waals surface area contributed by atoms with E-state index in [1.807, 2.05) is 91.0 Å². The average molecular weight is 1600 g/mol. The molecule has 0 aliphatic heterocycles. The van der Waals surface area contributed by atoms with Crippen molar-refractivity contribution in [1.29, 1.82) is 0 Å². The number of likely N-dealkylation sites (N-methyl/N-ethyl adjacent to an activating group) is 5. The molecule has 28 heteroatoms. The predicted molar refractivity (Wildman–Crippen MR) is 452 cm³/mol. The molecule has 5 rings (SSSR count). The number of carbonyl (C=O) groups is 5. The van der Waals surface area contributed by atoms with Gasteiger partial charge in [-0.05, 0) is 148 Å². The third kappa shape index (κ3) is 62.0. The number of hydrogen-bond acceptors (Lipinski definition) is 19. The number of unbranched alkanes of at least 4 members (excludes halogenated alkanes) is 2. The Kier molecular flexibility index (Phi) is 70.3. The molecule has 2 unspecified atom stereocenters. The van der Waals surface area contributed by atoms with E-state index in [0.717, 1.165) is 136 Å². The molecule has 5 aromatic carbocycles. The van der Waals surface area contributed by atoms with Crippen LogP contribution in [0.2, 0.25) is 0 Å². The van der Waals surface area contributed by atoms with Crippen molar-refractivity contribution in [1.82, 2.24) is 0 Å². The zero-order chi connectivity index (χ0) is 87.0. The largest absolute Gasteiger partial charge is 0.456 e. The first kappa shape index (κ1) is 112. The van der Waals surface area contributed by atoms with Crippen LogP contribution in [-0.4, -0.2) is 273 Å². The Balaban J connectivity index is -0.000000408. The molecule has 0 amide bonds. The number of esters is 5. The van der Waals surface area contributed by atoms with Crippen molar-refractivity contribution in [3.63, 3.8) is 0 Å². The lowest BCUT2D eigenvalue weighted by atomic mass is 10.2. The summed E-state index contributed by atoms with van der Waals surface area (Å²) in [6.07, 6.45) is 9.58. The van der Waals surface area contributed by atoms with Crippen molar-refractivity contribution < 1.29 is 89.8 Å². The third-order valence-electron chi connectivity index (χ3n) is 18.0. The number of nitrogens with two attached hydrogens (primary N) is 1. The predicted octanol–water partition coefficient (Wildman–Crippen LogP) is 14.7. The Hall–Kier alpha value is -9.19. The second kappa shape index (κ2) is 70.7. The number of rotatable bonds is 40. The maximum atomic E-state index is 12.0. The summed E-state index contributed by atoms with van der Waals surface area (Å²) in [7, 11) is 11.3. The molecule has 5 aromatic rings. The molecule has 0 saturated carbocycles. The maximum Gasteiger partial charge on any atom is 0.338 e. The monoisotopic (exact) mass is 1600 g/mol. The van der Waals surface area contributed by atoms with Gasteiger partial charge in [-0.1, -0.05) is 145 Å². The molecular formula is C85H147N10O18+5. The molecule has 0 aliphatic rings. The quantitative estimate of drug-likeness (QED) is 0.0125. The second-order valence-electron chi connectivity index (χ2n) is 27.5. The van der Waals surface area contributed by atoms with Gasteiger partial charge in [-0.25, -0.2) is 24.0 Å². The summed E-state index contributed by atoms with van der Waals surface area (Å²) < 4.78 is 31.8. The van der Waals surface area contributed by atoms with Crippen LogP contribution in [0.5, 0.6) is 0 Å². The van der Waals surface area contributed by atoms with Crippen LogP contribution in [0.4, 0.5) is 0 Å². The van der Waals surface area contributed by atoms with E-state index in [4.69, 9.17) is 64.1 Å². The summed E-state index contributed by atoms with van der Waals surface area (Å²) in [4.78, 5) is 92.3. The van der Waals surface area contributed by atoms with Crippen LogP contribution in [0, 0.1) is 40.5 Å². The SMILES string of the molecule is CCCC[N+](CC)(CCC)CCOC(=O)c1ccccc1.CCCC[N+](CC)(CCC)CCOC(=O)c1ccccc1.CCC[N+](CC)(CCC)CCOC(=O)c1ccccc1.CC[N+](CC)(CC)CCOC(=O)c1ccccc1.CN.C[N+](=O)[O-].C[N+](=O)[O-].C[N+](=O)[O-].C[N+](=O)[O-].C[N+](C)(C)CCOC(=O)c1ccccc1. The molecule has 0 spiro atoms. The Morgan fingerprint density at radius 3 is 0.584 bits per heavy atom. The molecule has 2 N–H and O–H groups in total. The van der Waals surface area contributed by atoms with Crippen molar-refractivity contribution in [3.05, 3.63) is 220 Å². The number of ether oxygens (including phenoxy) is 5. The molecule has 0 bridgehead atoms. The second-order valence-corrected chi connectivity index (χ2v) is 27.5. The van der Waals surface area contributed by atoms with Crippen LogP contribution in [0.25, 0.3) is 0 Å². The van der Waals surface area contributed by atoms with Crippen molar-refractivity contribution >= 4 is 29.8 Å². The lowest BCUT2D eigenvalue weighted by Crippen LogP contribution is -2.51.